The van der Waals surface area contributed by atoms with Crippen molar-refractivity contribution >= 4 is 43.6 Å². The predicted molar refractivity (Wildman–Crippen MR) is 189 cm³/mol. The standard InChI is InChI=1S/C41H23N7/c42-24-26-10-8-12-28(22-26)39-44-40(29-13-9-11-27(23-29)25-43)46-41(45-39)48-34-19-7-5-17-32(34)38-36(48)21-20-35-37(38)31-16-4-6-18-33(31)47(35)30-14-2-1-3-15-30/h1-23H. The van der Waals surface area contributed by atoms with Crippen LogP contribution in [0.5, 0.6) is 0 Å². The van der Waals surface area contributed by atoms with Crippen molar-refractivity contribution in [1.29, 1.82) is 10.5 Å². The molecule has 0 bridgehead atoms. The molecule has 222 valence electrons. The third kappa shape index (κ3) is 4.16. The summed E-state index contributed by atoms with van der Waals surface area (Å²) in [6.07, 6.45) is 0. The fourth-order valence-electron chi connectivity index (χ4n) is 6.77. The molecule has 0 amide bonds. The van der Waals surface area contributed by atoms with Crippen LogP contribution in [-0.2, 0) is 0 Å². The van der Waals surface area contributed by atoms with E-state index in [4.69, 9.17) is 15.0 Å². The van der Waals surface area contributed by atoms with Crippen LogP contribution in [0.25, 0.3) is 78.0 Å². The SMILES string of the molecule is N#Cc1cccc(-c2nc(-c3cccc(C#N)c3)nc(-n3c4ccccc4c4c5c6ccccc6n(-c6ccccc6)c5ccc43)n2)c1. The molecule has 0 N–H and O–H groups in total. The number of aromatic nitrogens is 5. The second-order valence-electron chi connectivity index (χ2n) is 11.6. The highest BCUT2D eigenvalue weighted by atomic mass is 15.2. The molecule has 0 aliphatic heterocycles. The fourth-order valence-corrected chi connectivity index (χ4v) is 6.77. The van der Waals surface area contributed by atoms with E-state index in [0.717, 1.165) is 49.3 Å². The average Bonchev–Trinajstić information content (AvgIpc) is 3.68. The molecule has 3 heterocycles. The van der Waals surface area contributed by atoms with Crippen LogP contribution in [0.1, 0.15) is 11.1 Å². The molecule has 0 atom stereocenters. The molecule has 0 saturated carbocycles. The summed E-state index contributed by atoms with van der Waals surface area (Å²) < 4.78 is 4.41. The van der Waals surface area contributed by atoms with Gasteiger partial charge in [-0.2, -0.15) is 20.5 Å². The smallest absolute Gasteiger partial charge is 0.238 e. The largest absolute Gasteiger partial charge is 0.309 e. The van der Waals surface area contributed by atoms with Gasteiger partial charge in [-0.3, -0.25) is 4.57 Å². The number of hydrogen-bond acceptors (Lipinski definition) is 5. The summed E-state index contributed by atoms with van der Waals surface area (Å²) in [7, 11) is 0. The Hall–Kier alpha value is -7.09. The van der Waals surface area contributed by atoms with Crippen LogP contribution in [0.4, 0.5) is 0 Å². The highest BCUT2D eigenvalue weighted by Crippen LogP contribution is 2.42. The Morgan fingerprint density at radius 1 is 0.438 bits per heavy atom. The number of nitriles is 2. The zero-order valence-corrected chi connectivity index (χ0v) is 25.4. The molecule has 48 heavy (non-hydrogen) atoms. The Labute approximate surface area is 274 Å². The van der Waals surface area contributed by atoms with Crippen molar-refractivity contribution in [2.75, 3.05) is 0 Å². The minimum absolute atomic E-state index is 0.433. The monoisotopic (exact) mass is 613 g/mol. The van der Waals surface area contributed by atoms with Gasteiger partial charge in [0.1, 0.15) is 0 Å². The number of hydrogen-bond donors (Lipinski definition) is 0. The summed E-state index contributed by atoms with van der Waals surface area (Å²) >= 11 is 0. The molecule has 9 aromatic rings. The maximum atomic E-state index is 9.64. The topological polar surface area (TPSA) is 96.1 Å². The first-order chi connectivity index (χ1) is 23.7. The quantitative estimate of drug-likeness (QED) is 0.197. The van der Waals surface area contributed by atoms with E-state index in [2.05, 4.69) is 100 Å². The number of fused-ring (bicyclic) bond motifs is 7. The Morgan fingerprint density at radius 3 is 1.50 bits per heavy atom. The van der Waals surface area contributed by atoms with E-state index >= 15 is 0 Å². The van der Waals surface area contributed by atoms with Gasteiger partial charge in [0.05, 0.1) is 45.3 Å². The Kier molecular flexibility index (Phi) is 6.11. The first-order valence-corrected chi connectivity index (χ1v) is 15.5. The second-order valence-corrected chi connectivity index (χ2v) is 11.6. The molecule has 6 aromatic carbocycles. The third-order valence-corrected chi connectivity index (χ3v) is 8.81. The van der Waals surface area contributed by atoms with Crippen LogP contribution in [0.15, 0.2) is 140 Å². The molecule has 9 rings (SSSR count). The maximum absolute atomic E-state index is 9.64. The van der Waals surface area contributed by atoms with Crippen molar-refractivity contribution in [3.63, 3.8) is 0 Å². The minimum atomic E-state index is 0.433. The minimum Gasteiger partial charge on any atom is -0.309 e. The van der Waals surface area contributed by atoms with E-state index in [1.54, 1.807) is 24.3 Å². The van der Waals surface area contributed by atoms with Gasteiger partial charge in [0, 0.05) is 38.4 Å². The maximum Gasteiger partial charge on any atom is 0.238 e. The number of nitrogens with zero attached hydrogens (tertiary/aromatic N) is 7. The zero-order chi connectivity index (χ0) is 32.2. The molecule has 0 saturated heterocycles. The predicted octanol–water partition coefficient (Wildman–Crippen LogP) is 9.14. The van der Waals surface area contributed by atoms with Gasteiger partial charge in [0.15, 0.2) is 11.6 Å². The fraction of sp³-hybridized carbons (Fsp3) is 0. The molecule has 0 unspecified atom stereocenters. The molecular weight excluding hydrogens is 591 g/mol. The van der Waals surface area contributed by atoms with Crippen molar-refractivity contribution in [1.82, 2.24) is 24.1 Å². The van der Waals surface area contributed by atoms with Crippen LogP contribution in [0, 0.1) is 22.7 Å². The third-order valence-electron chi connectivity index (χ3n) is 8.81. The normalized spacial score (nSPS) is 11.3. The van der Waals surface area contributed by atoms with E-state index in [-0.39, 0.29) is 0 Å². The lowest BCUT2D eigenvalue weighted by Crippen LogP contribution is -2.06. The van der Waals surface area contributed by atoms with Gasteiger partial charge >= 0.3 is 0 Å². The van der Waals surface area contributed by atoms with E-state index in [1.807, 2.05) is 36.4 Å². The Morgan fingerprint density at radius 2 is 0.938 bits per heavy atom. The highest BCUT2D eigenvalue weighted by molar-refractivity contribution is 6.28. The Bertz CT molecular complexity index is 2740. The lowest BCUT2D eigenvalue weighted by Gasteiger charge is -2.11. The Balaban J connectivity index is 1.40. The summed E-state index contributed by atoms with van der Waals surface area (Å²) in [5, 5.41) is 23.8. The van der Waals surface area contributed by atoms with Crippen molar-refractivity contribution in [3.8, 4) is 46.5 Å². The van der Waals surface area contributed by atoms with Gasteiger partial charge in [0.25, 0.3) is 0 Å². The van der Waals surface area contributed by atoms with Gasteiger partial charge in [0.2, 0.25) is 5.95 Å². The van der Waals surface area contributed by atoms with Crippen LogP contribution in [-0.4, -0.2) is 24.1 Å². The van der Waals surface area contributed by atoms with Crippen LogP contribution < -0.4 is 0 Å². The number of para-hydroxylation sites is 3. The first-order valence-electron chi connectivity index (χ1n) is 15.5. The van der Waals surface area contributed by atoms with E-state index in [1.165, 1.54) is 0 Å². The second kappa shape index (κ2) is 10.8. The molecule has 0 spiro atoms. The van der Waals surface area contributed by atoms with Crippen molar-refractivity contribution in [3.05, 3.63) is 151 Å². The summed E-state index contributed by atoms with van der Waals surface area (Å²) in [6, 6.07) is 50.6. The zero-order valence-electron chi connectivity index (χ0n) is 25.4. The summed E-state index contributed by atoms with van der Waals surface area (Å²) in [4.78, 5) is 15.0. The van der Waals surface area contributed by atoms with Crippen LogP contribution in [0.2, 0.25) is 0 Å². The van der Waals surface area contributed by atoms with Crippen LogP contribution >= 0.6 is 0 Å². The van der Waals surface area contributed by atoms with Crippen molar-refractivity contribution in [2.24, 2.45) is 0 Å². The summed E-state index contributed by atoms with van der Waals surface area (Å²) in [5.41, 5.74) is 7.66. The first kappa shape index (κ1) is 27.2. The van der Waals surface area contributed by atoms with Gasteiger partial charge < -0.3 is 4.57 Å². The molecule has 0 aliphatic rings. The van der Waals surface area contributed by atoms with E-state index < -0.39 is 0 Å². The lowest BCUT2D eigenvalue weighted by molar-refractivity contribution is 0.953. The van der Waals surface area contributed by atoms with Crippen molar-refractivity contribution < 1.29 is 0 Å². The molecule has 7 heteroatoms. The van der Waals surface area contributed by atoms with Crippen molar-refractivity contribution in [2.45, 2.75) is 0 Å². The van der Waals surface area contributed by atoms with Gasteiger partial charge in [-0.05, 0) is 60.7 Å². The lowest BCUT2D eigenvalue weighted by atomic mass is 10.1. The van der Waals surface area contributed by atoms with Gasteiger partial charge in [-0.1, -0.05) is 78.9 Å². The highest BCUT2D eigenvalue weighted by Gasteiger charge is 2.22. The molecular formula is C41H23N7. The van der Waals surface area contributed by atoms with E-state index in [9.17, 15) is 10.5 Å². The van der Waals surface area contributed by atoms with Gasteiger partial charge in [-0.25, -0.2) is 4.98 Å². The molecule has 0 fully saturated rings. The van der Waals surface area contributed by atoms with E-state index in [0.29, 0.717) is 39.9 Å². The van der Waals surface area contributed by atoms with Gasteiger partial charge in [-0.15, -0.1) is 0 Å². The number of rotatable bonds is 4. The number of benzene rings is 6. The molecule has 3 aromatic heterocycles. The average molecular weight is 614 g/mol. The molecule has 0 aliphatic carbocycles. The molecule has 0 radical (unpaired) electrons. The van der Waals surface area contributed by atoms with Crippen LogP contribution in [0.3, 0.4) is 0 Å². The molecule has 7 nitrogen and oxygen atoms in total. The summed E-state index contributed by atoms with van der Waals surface area (Å²) in [5.74, 6) is 1.31. The summed E-state index contributed by atoms with van der Waals surface area (Å²) in [6.45, 7) is 0.